The smallest absolute Gasteiger partial charge is 0.272 e. The lowest BCUT2D eigenvalue weighted by molar-refractivity contribution is 0.0127. The second-order valence-electron chi connectivity index (χ2n) is 11.4. The first kappa shape index (κ1) is 39.5. The molecule has 0 radical (unpaired) electrons. The molecule has 0 saturated carbocycles. The second-order valence-corrected chi connectivity index (χ2v) is 11.4. The molecule has 0 spiro atoms. The number of carbonyl (C=O) groups is 2. The summed E-state index contributed by atoms with van der Waals surface area (Å²) in [6, 6.07) is 1.37. The Balaban J connectivity index is 2.13. The number of ether oxygens (including phenoxy) is 6. The number of nitrogens with zero attached hydrogens (tertiary/aromatic N) is 1. The Morgan fingerprint density at radius 3 is 1.59 bits per heavy atom. The van der Waals surface area contributed by atoms with Crippen molar-refractivity contribution in [3.8, 4) is 0 Å². The Kier molecular flexibility index (Phi) is 22.2. The number of anilines is 2. The van der Waals surface area contributed by atoms with E-state index in [9.17, 15) is 9.59 Å². The van der Waals surface area contributed by atoms with E-state index >= 15 is 0 Å². The van der Waals surface area contributed by atoms with Crippen LogP contribution in [-0.4, -0.2) is 109 Å². The summed E-state index contributed by atoms with van der Waals surface area (Å²) in [7, 11) is 0. The normalized spacial score (nSPS) is 11.5. The number of pyridine rings is 1. The van der Waals surface area contributed by atoms with Crippen molar-refractivity contribution in [2.24, 2.45) is 5.41 Å². The van der Waals surface area contributed by atoms with E-state index in [-0.39, 0.29) is 22.8 Å². The van der Waals surface area contributed by atoms with Crippen LogP contribution in [0, 0.1) is 5.41 Å². The van der Waals surface area contributed by atoms with E-state index in [1.165, 1.54) is 6.07 Å². The van der Waals surface area contributed by atoms with Gasteiger partial charge in [0.25, 0.3) is 11.8 Å². The molecule has 0 unspecified atom stereocenters. The lowest BCUT2D eigenvalue weighted by Crippen LogP contribution is -2.29. The van der Waals surface area contributed by atoms with Gasteiger partial charge >= 0.3 is 0 Å². The van der Waals surface area contributed by atoms with Gasteiger partial charge in [0.1, 0.15) is 5.82 Å². The molecule has 0 aliphatic heterocycles. The molecule has 0 aliphatic carbocycles. The minimum atomic E-state index is -0.471. The SMILES string of the molecule is CCCOCCOCCOCCCNC(=O)c1cc(N)c(C(=O)NCCCOCCOCCOCCCC(C)(C)C)nc1N. The second kappa shape index (κ2) is 24.7. The molecular formula is C31H57N5O8. The van der Waals surface area contributed by atoms with E-state index in [2.05, 4.69) is 43.3 Å². The minimum absolute atomic E-state index is 0.0264. The Morgan fingerprint density at radius 2 is 1.11 bits per heavy atom. The molecule has 0 aromatic carbocycles. The molecule has 0 fully saturated rings. The Labute approximate surface area is 263 Å². The zero-order valence-corrected chi connectivity index (χ0v) is 27.4. The fourth-order valence-corrected chi connectivity index (χ4v) is 3.77. The van der Waals surface area contributed by atoms with Crippen LogP contribution in [0.15, 0.2) is 6.07 Å². The number of nitrogens with two attached hydrogens (primary N) is 2. The first-order valence-electron chi connectivity index (χ1n) is 15.7. The summed E-state index contributed by atoms with van der Waals surface area (Å²) >= 11 is 0. The van der Waals surface area contributed by atoms with E-state index in [4.69, 9.17) is 39.9 Å². The zero-order valence-electron chi connectivity index (χ0n) is 27.4. The van der Waals surface area contributed by atoms with Gasteiger partial charge in [0.15, 0.2) is 5.69 Å². The van der Waals surface area contributed by atoms with Gasteiger partial charge in [-0.3, -0.25) is 9.59 Å². The number of aromatic nitrogens is 1. The van der Waals surface area contributed by atoms with Crippen LogP contribution in [-0.2, 0) is 28.4 Å². The highest BCUT2D eigenvalue weighted by Crippen LogP contribution is 2.20. The molecule has 1 rings (SSSR count). The van der Waals surface area contributed by atoms with Gasteiger partial charge in [-0.1, -0.05) is 27.7 Å². The molecule has 2 amide bonds. The number of amides is 2. The quantitative estimate of drug-likeness (QED) is 0.105. The van der Waals surface area contributed by atoms with Gasteiger partial charge in [-0.2, -0.15) is 0 Å². The highest BCUT2D eigenvalue weighted by atomic mass is 16.5. The van der Waals surface area contributed by atoms with Crippen molar-refractivity contribution in [1.82, 2.24) is 15.6 Å². The zero-order chi connectivity index (χ0) is 32.5. The van der Waals surface area contributed by atoms with Crippen molar-refractivity contribution < 1.29 is 38.0 Å². The minimum Gasteiger partial charge on any atom is -0.397 e. The van der Waals surface area contributed by atoms with Gasteiger partial charge in [0, 0.05) is 39.5 Å². The highest BCUT2D eigenvalue weighted by Gasteiger charge is 2.18. The van der Waals surface area contributed by atoms with Crippen molar-refractivity contribution >= 4 is 23.3 Å². The summed E-state index contributed by atoms with van der Waals surface area (Å²) < 4.78 is 32.8. The summed E-state index contributed by atoms with van der Waals surface area (Å²) in [5, 5.41) is 5.50. The van der Waals surface area contributed by atoms with Gasteiger partial charge in [0.2, 0.25) is 0 Å². The van der Waals surface area contributed by atoms with E-state index < -0.39 is 11.8 Å². The number of hydrogen-bond acceptors (Lipinski definition) is 11. The van der Waals surface area contributed by atoms with Crippen LogP contribution in [0.4, 0.5) is 11.5 Å². The van der Waals surface area contributed by atoms with Crippen LogP contribution in [0.25, 0.3) is 0 Å². The van der Waals surface area contributed by atoms with E-state index in [0.717, 1.165) is 32.5 Å². The summed E-state index contributed by atoms with van der Waals surface area (Å²) in [5.41, 5.74) is 12.5. The van der Waals surface area contributed by atoms with Crippen molar-refractivity contribution in [2.75, 3.05) is 104 Å². The number of hydrogen-bond donors (Lipinski definition) is 4. The van der Waals surface area contributed by atoms with Crippen molar-refractivity contribution in [1.29, 1.82) is 0 Å². The van der Waals surface area contributed by atoms with Gasteiger partial charge < -0.3 is 50.5 Å². The maximum atomic E-state index is 12.5. The maximum Gasteiger partial charge on any atom is 0.272 e. The fourth-order valence-electron chi connectivity index (χ4n) is 3.77. The summed E-state index contributed by atoms with van der Waals surface area (Å²) in [6.45, 7) is 16.0. The lowest BCUT2D eigenvalue weighted by Gasteiger charge is -2.17. The van der Waals surface area contributed by atoms with Crippen LogP contribution in [0.2, 0.25) is 0 Å². The van der Waals surface area contributed by atoms with E-state index in [1.54, 1.807) is 0 Å². The molecular weight excluding hydrogens is 570 g/mol. The molecule has 0 atom stereocenters. The number of nitrogens with one attached hydrogen (secondary N) is 2. The predicted molar refractivity (Wildman–Crippen MR) is 171 cm³/mol. The molecule has 254 valence electrons. The van der Waals surface area contributed by atoms with Crippen molar-refractivity contribution in [2.45, 2.75) is 59.8 Å². The summed E-state index contributed by atoms with van der Waals surface area (Å²) in [6.07, 6.45) is 4.38. The molecule has 44 heavy (non-hydrogen) atoms. The molecule has 0 bridgehead atoms. The van der Waals surface area contributed by atoms with Gasteiger partial charge in [-0.25, -0.2) is 4.98 Å². The lowest BCUT2D eigenvalue weighted by atomic mass is 9.91. The Bertz CT molecular complexity index is 914. The molecule has 0 saturated heterocycles. The average molecular weight is 628 g/mol. The van der Waals surface area contributed by atoms with Crippen LogP contribution >= 0.6 is 0 Å². The van der Waals surface area contributed by atoms with Gasteiger partial charge in [0.05, 0.1) is 64.1 Å². The van der Waals surface area contributed by atoms with Crippen LogP contribution in [0.5, 0.6) is 0 Å². The van der Waals surface area contributed by atoms with Crippen LogP contribution in [0.3, 0.4) is 0 Å². The highest BCUT2D eigenvalue weighted by molar-refractivity contribution is 6.03. The van der Waals surface area contributed by atoms with E-state index in [1.807, 2.05) is 0 Å². The van der Waals surface area contributed by atoms with Crippen molar-refractivity contribution in [3.05, 3.63) is 17.3 Å². The Morgan fingerprint density at radius 1 is 0.682 bits per heavy atom. The fraction of sp³-hybridized carbons (Fsp3) is 0.774. The number of rotatable bonds is 27. The monoisotopic (exact) mass is 627 g/mol. The predicted octanol–water partition coefficient (Wildman–Crippen LogP) is 2.82. The molecule has 0 aliphatic rings. The third-order valence-corrected chi connectivity index (χ3v) is 6.10. The Hall–Kier alpha value is -2.55. The topological polar surface area (TPSA) is 179 Å². The molecule has 1 aromatic rings. The first-order chi connectivity index (χ1) is 21.2. The first-order valence-corrected chi connectivity index (χ1v) is 15.7. The summed E-state index contributed by atoms with van der Waals surface area (Å²) in [5.74, 6) is -0.966. The van der Waals surface area contributed by atoms with E-state index in [0.29, 0.717) is 97.4 Å². The molecule has 13 nitrogen and oxygen atoms in total. The standard InChI is InChI=1S/C31H57N5O8/c1-5-12-39-16-20-43-22-18-41-14-7-10-34-29(37)25-24-26(32)27(36-28(25)33)30(38)35-11-8-15-42-19-23-44-21-17-40-13-6-9-31(2,3)4/h24H,5-23,32H2,1-4H3,(H2,33,36)(H,34,37)(H,35,38). The molecule has 1 heterocycles. The maximum absolute atomic E-state index is 12.5. The molecule has 1 aromatic heterocycles. The summed E-state index contributed by atoms with van der Waals surface area (Å²) in [4.78, 5) is 29.1. The third-order valence-electron chi connectivity index (χ3n) is 6.10. The van der Waals surface area contributed by atoms with Crippen LogP contribution in [0.1, 0.15) is 80.6 Å². The molecule has 6 N–H and O–H groups in total. The molecule has 13 heteroatoms. The van der Waals surface area contributed by atoms with Crippen LogP contribution < -0.4 is 22.1 Å². The largest absolute Gasteiger partial charge is 0.397 e. The van der Waals surface area contributed by atoms with Gasteiger partial charge in [-0.05, 0) is 43.6 Å². The van der Waals surface area contributed by atoms with Crippen molar-refractivity contribution in [3.63, 3.8) is 0 Å². The average Bonchev–Trinajstić information content (AvgIpc) is 2.98. The number of carbonyl (C=O) groups excluding carboxylic acids is 2. The van der Waals surface area contributed by atoms with Gasteiger partial charge in [-0.15, -0.1) is 0 Å². The number of nitrogen functional groups attached to an aromatic ring is 2. The third kappa shape index (κ3) is 20.4.